The molecule has 0 radical (unpaired) electrons. The first-order valence-corrected chi connectivity index (χ1v) is 6.78. The highest BCUT2D eigenvalue weighted by atomic mass is 32.1. The number of rotatable bonds is 3. The number of thiophene rings is 1. The van der Waals surface area contributed by atoms with E-state index in [2.05, 4.69) is 10.1 Å². The summed E-state index contributed by atoms with van der Waals surface area (Å²) < 4.78 is 4.66. The second-order valence-electron chi connectivity index (χ2n) is 4.98. The van der Waals surface area contributed by atoms with Crippen molar-refractivity contribution in [1.82, 2.24) is 5.32 Å². The third-order valence-corrected chi connectivity index (χ3v) is 4.33. The number of hydrogen-bond donors (Lipinski definition) is 1. The Kier molecular flexibility index (Phi) is 3.43. The number of carbonyl (C=O) groups excluding carboxylic acids is 2. The van der Waals surface area contributed by atoms with E-state index in [1.165, 1.54) is 35.3 Å². The van der Waals surface area contributed by atoms with Gasteiger partial charge in [0.1, 0.15) is 5.54 Å². The molecule has 1 heterocycles. The van der Waals surface area contributed by atoms with E-state index in [4.69, 9.17) is 0 Å². The summed E-state index contributed by atoms with van der Waals surface area (Å²) in [6.07, 6.45) is 3.30. The number of nitrogens with one attached hydrogen (secondary N) is 1. The number of methoxy groups -OCH3 is 1. The van der Waals surface area contributed by atoms with Gasteiger partial charge in [0.05, 0.1) is 12.0 Å². The molecule has 5 heteroatoms. The molecule has 0 saturated heterocycles. The van der Waals surface area contributed by atoms with Crippen LogP contribution < -0.4 is 5.32 Å². The molecular formula is C13H17NO3S. The van der Waals surface area contributed by atoms with Crippen molar-refractivity contribution in [3.05, 3.63) is 21.4 Å². The molecule has 1 aromatic rings. The lowest BCUT2D eigenvalue weighted by molar-refractivity contribution is -0.146. The molecule has 98 valence electrons. The molecule has 1 N–H and O–H groups in total. The molecule has 0 unspecified atom stereocenters. The lowest BCUT2D eigenvalue weighted by Crippen LogP contribution is -2.50. The minimum atomic E-state index is -1.000. The van der Waals surface area contributed by atoms with E-state index in [0.717, 1.165) is 12.8 Å². The summed E-state index contributed by atoms with van der Waals surface area (Å²) in [5.74, 6) is -0.648. The zero-order valence-electron chi connectivity index (χ0n) is 10.8. The molecule has 4 nitrogen and oxygen atoms in total. The van der Waals surface area contributed by atoms with Crippen LogP contribution >= 0.6 is 11.3 Å². The predicted molar refractivity (Wildman–Crippen MR) is 69.9 cm³/mol. The van der Waals surface area contributed by atoms with E-state index in [0.29, 0.717) is 4.88 Å². The maximum atomic E-state index is 12.1. The van der Waals surface area contributed by atoms with Crippen molar-refractivity contribution in [2.45, 2.75) is 38.6 Å². The fraction of sp³-hybridized carbons (Fsp3) is 0.538. The average molecular weight is 267 g/mol. The van der Waals surface area contributed by atoms with E-state index in [1.54, 1.807) is 13.8 Å². The largest absolute Gasteiger partial charge is 0.467 e. The Bertz CT molecular complexity index is 469. The van der Waals surface area contributed by atoms with Gasteiger partial charge >= 0.3 is 5.97 Å². The lowest BCUT2D eigenvalue weighted by atomic mass is 10.1. The third-order valence-electron chi connectivity index (χ3n) is 3.09. The monoisotopic (exact) mass is 267 g/mol. The molecule has 2 rings (SSSR count). The van der Waals surface area contributed by atoms with E-state index in [-0.39, 0.29) is 5.91 Å². The first-order chi connectivity index (χ1) is 8.44. The van der Waals surface area contributed by atoms with Crippen LogP contribution in [0.3, 0.4) is 0 Å². The van der Waals surface area contributed by atoms with Gasteiger partial charge in [0.25, 0.3) is 5.91 Å². The summed E-state index contributed by atoms with van der Waals surface area (Å²) in [7, 11) is 1.32. The van der Waals surface area contributed by atoms with Gasteiger partial charge in [-0.2, -0.15) is 0 Å². The molecule has 1 aliphatic carbocycles. The molecule has 1 amide bonds. The number of aryl methyl sites for hydroxylation is 2. The maximum absolute atomic E-state index is 12.1. The molecule has 0 aromatic carbocycles. The summed E-state index contributed by atoms with van der Waals surface area (Å²) in [6, 6.07) is 1.94. The number of ether oxygens (including phenoxy) is 1. The van der Waals surface area contributed by atoms with Crippen LogP contribution in [0, 0.1) is 0 Å². The zero-order chi connectivity index (χ0) is 13.3. The Morgan fingerprint density at radius 1 is 1.39 bits per heavy atom. The Labute approximate surface area is 110 Å². The SMILES string of the molecule is COC(=O)C(C)(C)NC(=O)c1cc2c(s1)CCC2. The first-order valence-electron chi connectivity index (χ1n) is 5.96. The second-order valence-corrected chi connectivity index (χ2v) is 6.12. The lowest BCUT2D eigenvalue weighted by Gasteiger charge is -2.22. The van der Waals surface area contributed by atoms with Gasteiger partial charge in [-0.15, -0.1) is 11.3 Å². The van der Waals surface area contributed by atoms with Gasteiger partial charge in [-0.25, -0.2) is 4.79 Å². The smallest absolute Gasteiger partial charge is 0.330 e. The van der Waals surface area contributed by atoms with Crippen molar-refractivity contribution in [3.63, 3.8) is 0 Å². The minimum absolute atomic E-state index is 0.204. The fourth-order valence-electron chi connectivity index (χ4n) is 2.09. The van der Waals surface area contributed by atoms with Crippen LogP contribution in [0.15, 0.2) is 6.07 Å². The number of esters is 1. The normalized spacial score (nSPS) is 14.2. The molecule has 0 spiro atoms. The minimum Gasteiger partial charge on any atom is -0.467 e. The second kappa shape index (κ2) is 4.72. The van der Waals surface area contributed by atoms with Crippen LogP contribution in [0.4, 0.5) is 0 Å². The molecule has 0 saturated carbocycles. The van der Waals surface area contributed by atoms with Gasteiger partial charge in [0.2, 0.25) is 0 Å². The summed E-state index contributed by atoms with van der Waals surface area (Å²) in [5.41, 5.74) is 0.279. The predicted octanol–water partition coefficient (Wildman–Crippen LogP) is 1.92. The van der Waals surface area contributed by atoms with Crippen molar-refractivity contribution >= 4 is 23.2 Å². The van der Waals surface area contributed by atoms with Gasteiger partial charge in [-0.3, -0.25) is 4.79 Å². The van der Waals surface area contributed by atoms with Gasteiger partial charge in [-0.05, 0) is 44.7 Å². The number of hydrogen-bond acceptors (Lipinski definition) is 4. The van der Waals surface area contributed by atoms with Gasteiger partial charge in [0.15, 0.2) is 0 Å². The first kappa shape index (κ1) is 13.1. The van der Waals surface area contributed by atoms with Crippen LogP contribution in [-0.2, 0) is 22.4 Å². The summed E-state index contributed by atoms with van der Waals surface area (Å²) in [5, 5.41) is 2.71. The van der Waals surface area contributed by atoms with Crippen LogP contribution in [0.5, 0.6) is 0 Å². The van der Waals surface area contributed by atoms with Crippen LogP contribution in [-0.4, -0.2) is 24.5 Å². The Balaban J connectivity index is 2.10. The van der Waals surface area contributed by atoms with Crippen LogP contribution in [0.2, 0.25) is 0 Å². The molecular weight excluding hydrogens is 250 g/mol. The Hall–Kier alpha value is -1.36. The summed E-state index contributed by atoms with van der Waals surface area (Å²) >= 11 is 1.53. The van der Waals surface area contributed by atoms with E-state index in [1.807, 2.05) is 6.07 Å². The highest BCUT2D eigenvalue weighted by Crippen LogP contribution is 2.30. The number of fused-ring (bicyclic) bond motifs is 1. The van der Waals surface area contributed by atoms with E-state index in [9.17, 15) is 9.59 Å². The topological polar surface area (TPSA) is 55.4 Å². The fourth-order valence-corrected chi connectivity index (χ4v) is 3.24. The molecule has 1 aromatic heterocycles. The van der Waals surface area contributed by atoms with Crippen molar-refractivity contribution in [1.29, 1.82) is 0 Å². The molecule has 1 aliphatic rings. The summed E-state index contributed by atoms with van der Waals surface area (Å²) in [4.78, 5) is 25.6. The maximum Gasteiger partial charge on any atom is 0.330 e. The number of amides is 1. The average Bonchev–Trinajstić information content (AvgIpc) is 2.86. The molecule has 0 fully saturated rings. The van der Waals surface area contributed by atoms with E-state index < -0.39 is 11.5 Å². The molecule has 18 heavy (non-hydrogen) atoms. The van der Waals surface area contributed by atoms with Crippen molar-refractivity contribution in [2.75, 3.05) is 7.11 Å². The van der Waals surface area contributed by atoms with Gasteiger partial charge in [0, 0.05) is 4.88 Å². The van der Waals surface area contributed by atoms with Crippen LogP contribution in [0.25, 0.3) is 0 Å². The third kappa shape index (κ3) is 2.41. The zero-order valence-corrected chi connectivity index (χ0v) is 11.6. The quantitative estimate of drug-likeness (QED) is 0.851. The number of carbonyl (C=O) groups is 2. The van der Waals surface area contributed by atoms with Crippen molar-refractivity contribution < 1.29 is 14.3 Å². The standard InChI is InChI=1S/C13H17NO3S/c1-13(2,12(16)17-3)14-11(15)10-7-8-5-4-6-9(8)18-10/h7H,4-6H2,1-3H3,(H,14,15). The van der Waals surface area contributed by atoms with E-state index >= 15 is 0 Å². The summed E-state index contributed by atoms with van der Waals surface area (Å²) in [6.45, 7) is 3.27. The molecule has 0 aliphatic heterocycles. The highest BCUT2D eigenvalue weighted by Gasteiger charge is 2.31. The molecule has 0 bridgehead atoms. The van der Waals surface area contributed by atoms with Gasteiger partial charge in [-0.1, -0.05) is 0 Å². The highest BCUT2D eigenvalue weighted by molar-refractivity contribution is 7.14. The Morgan fingerprint density at radius 2 is 2.11 bits per heavy atom. The Morgan fingerprint density at radius 3 is 2.72 bits per heavy atom. The van der Waals surface area contributed by atoms with Gasteiger partial charge < -0.3 is 10.1 Å². The van der Waals surface area contributed by atoms with Crippen molar-refractivity contribution in [2.24, 2.45) is 0 Å². The molecule has 0 atom stereocenters. The van der Waals surface area contributed by atoms with Crippen LogP contribution in [0.1, 0.15) is 40.4 Å². The van der Waals surface area contributed by atoms with Crippen molar-refractivity contribution in [3.8, 4) is 0 Å².